The molecule has 196 valence electrons. The normalized spacial score (nSPS) is 19.5. The van der Waals surface area contributed by atoms with Gasteiger partial charge in [0.05, 0.1) is 45.0 Å². The van der Waals surface area contributed by atoms with Crippen LogP contribution in [0.15, 0.2) is 64.4 Å². The van der Waals surface area contributed by atoms with E-state index in [4.69, 9.17) is 5.73 Å². The molecule has 2 aliphatic carbocycles. The molecule has 2 unspecified atom stereocenters. The second kappa shape index (κ2) is 9.23. The summed E-state index contributed by atoms with van der Waals surface area (Å²) in [5.74, 6) is -2.73. The molecule has 4 N–H and O–H groups in total. The highest BCUT2D eigenvalue weighted by atomic mass is 32.2. The number of carbonyl (C=O) groups excluding carboxylic acids is 2. The maximum absolute atomic E-state index is 13.5. The van der Waals surface area contributed by atoms with Gasteiger partial charge in [0.25, 0.3) is 10.1 Å². The lowest BCUT2D eigenvalue weighted by molar-refractivity contribution is 0.0803. The minimum Gasteiger partial charge on any atom is -0.397 e. The van der Waals surface area contributed by atoms with Gasteiger partial charge in [-0.15, -0.1) is 0 Å². The summed E-state index contributed by atoms with van der Waals surface area (Å²) < 4.78 is 59.8. The van der Waals surface area contributed by atoms with Crippen LogP contribution in [-0.2, 0) is 20.0 Å². The zero-order valence-corrected chi connectivity index (χ0v) is 22.2. The van der Waals surface area contributed by atoms with Crippen LogP contribution in [0.2, 0.25) is 0 Å². The molecule has 0 aliphatic heterocycles. The van der Waals surface area contributed by atoms with Gasteiger partial charge in [0, 0.05) is 5.69 Å². The Morgan fingerprint density at radius 1 is 0.946 bits per heavy atom. The third kappa shape index (κ3) is 5.25. The number of nitrogens with two attached hydrogens (primary N) is 1. The van der Waals surface area contributed by atoms with E-state index in [1.165, 1.54) is 18.2 Å². The van der Waals surface area contributed by atoms with Crippen molar-refractivity contribution in [3.05, 3.63) is 65.8 Å². The van der Waals surface area contributed by atoms with Crippen molar-refractivity contribution in [2.75, 3.05) is 16.8 Å². The van der Waals surface area contributed by atoms with Crippen LogP contribution in [0.4, 0.5) is 17.1 Å². The first-order valence-corrected chi connectivity index (χ1v) is 14.7. The van der Waals surface area contributed by atoms with E-state index in [-0.39, 0.29) is 38.6 Å². The van der Waals surface area contributed by atoms with Crippen molar-refractivity contribution in [2.45, 2.75) is 37.0 Å². The summed E-state index contributed by atoms with van der Waals surface area (Å²) in [5, 5.41) is 2.89. The second-order valence-corrected chi connectivity index (χ2v) is 13.9. The predicted molar refractivity (Wildman–Crippen MR) is 140 cm³/mol. The molecule has 0 saturated heterocycles. The van der Waals surface area contributed by atoms with E-state index in [2.05, 4.69) is 5.32 Å². The van der Waals surface area contributed by atoms with E-state index >= 15 is 0 Å². The standard InChI is InChI=1S/C26H28N2O7S2/c1-26(2,3)11-12-36(31,32)16-8-6-7-15(13-16)28-19-14-20(37(33,34)35)23(27)22-21(19)24(29)17-9-4-5-10-18(17)25(22)30/h4-10,13-14,17-18,28H,11-12,27H2,1-3H3,(H,33,34,35). The molecule has 0 spiro atoms. The number of anilines is 3. The van der Waals surface area contributed by atoms with Crippen LogP contribution in [0.5, 0.6) is 0 Å². The topological polar surface area (TPSA) is 161 Å². The molecule has 11 heteroatoms. The number of sulfone groups is 1. The van der Waals surface area contributed by atoms with Crippen molar-refractivity contribution < 1.29 is 31.0 Å². The van der Waals surface area contributed by atoms with Crippen LogP contribution < -0.4 is 11.1 Å². The van der Waals surface area contributed by atoms with E-state index in [1.807, 2.05) is 20.8 Å². The van der Waals surface area contributed by atoms with E-state index < -0.39 is 53.9 Å². The summed E-state index contributed by atoms with van der Waals surface area (Å²) in [6, 6.07) is 6.86. The Balaban J connectivity index is 1.84. The van der Waals surface area contributed by atoms with Gasteiger partial charge >= 0.3 is 0 Å². The van der Waals surface area contributed by atoms with Gasteiger partial charge in [-0.3, -0.25) is 14.1 Å². The number of hydrogen-bond acceptors (Lipinski definition) is 8. The molecule has 0 saturated carbocycles. The molecule has 2 aliphatic rings. The Kier molecular flexibility index (Phi) is 6.68. The summed E-state index contributed by atoms with van der Waals surface area (Å²) in [7, 11) is -8.49. The molecule has 0 bridgehead atoms. The molecule has 4 rings (SSSR count). The zero-order valence-electron chi connectivity index (χ0n) is 20.6. The first-order valence-electron chi connectivity index (χ1n) is 11.6. The van der Waals surface area contributed by atoms with Crippen molar-refractivity contribution in [1.82, 2.24) is 0 Å². The van der Waals surface area contributed by atoms with E-state index in [0.29, 0.717) is 6.42 Å². The van der Waals surface area contributed by atoms with Crippen LogP contribution in [0.1, 0.15) is 47.9 Å². The molecular weight excluding hydrogens is 516 g/mol. The van der Waals surface area contributed by atoms with Crippen molar-refractivity contribution in [3.8, 4) is 0 Å². The third-order valence-electron chi connectivity index (χ3n) is 6.43. The number of fused-ring (bicyclic) bond motifs is 2. The van der Waals surface area contributed by atoms with Gasteiger partial charge in [-0.2, -0.15) is 8.42 Å². The maximum Gasteiger partial charge on any atom is 0.296 e. The van der Waals surface area contributed by atoms with Crippen LogP contribution in [0, 0.1) is 17.3 Å². The summed E-state index contributed by atoms with van der Waals surface area (Å²) in [4.78, 5) is 26.1. The number of hydrogen-bond donors (Lipinski definition) is 3. The van der Waals surface area contributed by atoms with Crippen LogP contribution >= 0.6 is 0 Å². The number of carbonyl (C=O) groups is 2. The molecular formula is C26H28N2O7S2. The molecule has 0 amide bonds. The summed E-state index contributed by atoms with van der Waals surface area (Å²) in [5.41, 5.74) is 5.07. The molecule has 2 aromatic carbocycles. The number of benzene rings is 2. The Morgan fingerprint density at radius 2 is 1.54 bits per heavy atom. The average molecular weight is 545 g/mol. The van der Waals surface area contributed by atoms with Gasteiger partial charge < -0.3 is 11.1 Å². The smallest absolute Gasteiger partial charge is 0.296 e. The molecule has 0 fully saturated rings. The molecule has 0 heterocycles. The monoisotopic (exact) mass is 544 g/mol. The zero-order chi connectivity index (χ0) is 27.3. The van der Waals surface area contributed by atoms with Crippen LogP contribution in [-0.4, -0.2) is 38.7 Å². The molecule has 0 aromatic heterocycles. The fourth-order valence-corrected chi connectivity index (χ4v) is 6.78. The van der Waals surface area contributed by atoms with Crippen molar-refractivity contribution in [2.24, 2.45) is 17.3 Å². The van der Waals surface area contributed by atoms with Gasteiger partial charge in [0.2, 0.25) is 0 Å². The predicted octanol–water partition coefficient (Wildman–Crippen LogP) is 4.21. The van der Waals surface area contributed by atoms with E-state index in [9.17, 15) is 31.0 Å². The largest absolute Gasteiger partial charge is 0.397 e. The Labute approximate surface area is 216 Å². The van der Waals surface area contributed by atoms with Gasteiger partial charge in [0.15, 0.2) is 21.4 Å². The number of nitrogen functional groups attached to an aromatic ring is 1. The Hall–Kier alpha value is -3.28. The molecule has 2 atom stereocenters. The lowest BCUT2D eigenvalue weighted by atomic mass is 9.71. The highest BCUT2D eigenvalue weighted by Gasteiger charge is 2.43. The number of nitrogens with one attached hydrogen (secondary N) is 1. The number of ketones is 2. The van der Waals surface area contributed by atoms with Crippen LogP contribution in [0.25, 0.3) is 0 Å². The first-order chi connectivity index (χ1) is 17.1. The van der Waals surface area contributed by atoms with Crippen molar-refractivity contribution in [1.29, 1.82) is 0 Å². The highest BCUT2D eigenvalue weighted by Crippen LogP contribution is 2.43. The average Bonchev–Trinajstić information content (AvgIpc) is 2.81. The van der Waals surface area contributed by atoms with Gasteiger partial charge in [-0.25, -0.2) is 8.42 Å². The Morgan fingerprint density at radius 3 is 2.11 bits per heavy atom. The summed E-state index contributed by atoms with van der Waals surface area (Å²) in [6.07, 6.45) is 6.84. The lowest BCUT2D eigenvalue weighted by Crippen LogP contribution is -2.37. The van der Waals surface area contributed by atoms with Crippen molar-refractivity contribution >= 4 is 48.6 Å². The number of allylic oxidation sites excluding steroid dienone is 4. The van der Waals surface area contributed by atoms with Crippen LogP contribution in [0.3, 0.4) is 0 Å². The summed E-state index contributed by atoms with van der Waals surface area (Å²) >= 11 is 0. The minimum absolute atomic E-state index is 0.0453. The minimum atomic E-state index is -4.86. The maximum atomic E-state index is 13.5. The molecule has 0 radical (unpaired) electrons. The fourth-order valence-electron chi connectivity index (χ4n) is 4.42. The quantitative estimate of drug-likeness (QED) is 0.357. The van der Waals surface area contributed by atoms with E-state index in [0.717, 1.165) is 6.07 Å². The lowest BCUT2D eigenvalue weighted by Gasteiger charge is -2.31. The first kappa shape index (κ1) is 26.8. The molecule has 37 heavy (non-hydrogen) atoms. The fraction of sp³-hybridized carbons (Fsp3) is 0.308. The highest BCUT2D eigenvalue weighted by molar-refractivity contribution is 7.91. The van der Waals surface area contributed by atoms with Gasteiger partial charge in [-0.1, -0.05) is 51.1 Å². The third-order valence-corrected chi connectivity index (χ3v) is 9.04. The number of rotatable bonds is 6. The van der Waals surface area contributed by atoms with Crippen molar-refractivity contribution in [3.63, 3.8) is 0 Å². The SMILES string of the molecule is CC(C)(C)CCS(=O)(=O)c1cccc(Nc2cc(S(=O)(=O)O)c(N)c3c2C(=O)C2C=CC=CC2C3=O)c1. The van der Waals surface area contributed by atoms with Gasteiger partial charge in [-0.05, 0) is 36.1 Å². The number of Topliss-reactive ketones (excluding diaryl/α,β-unsaturated/α-hetero) is 2. The molecule has 2 aromatic rings. The second-order valence-electron chi connectivity index (χ2n) is 10.4. The molecule has 9 nitrogen and oxygen atoms in total. The Bertz CT molecular complexity index is 1580. The van der Waals surface area contributed by atoms with Gasteiger partial charge in [0.1, 0.15) is 4.90 Å². The summed E-state index contributed by atoms with van der Waals surface area (Å²) in [6.45, 7) is 5.83. The van der Waals surface area contributed by atoms with E-state index in [1.54, 1.807) is 30.4 Å².